The average Bonchev–Trinajstić information content (AvgIpc) is 1.00. The summed E-state index contributed by atoms with van der Waals surface area (Å²) in [7, 11) is 1.31. The van der Waals surface area contributed by atoms with Crippen LogP contribution < -0.4 is 0 Å². The molecule has 0 aliphatic carbocycles. The predicted octanol–water partition coefficient (Wildman–Crippen LogP) is 0.298. The van der Waals surface area contributed by atoms with E-state index in [4.69, 9.17) is 0 Å². The molecule has 0 heterocycles. The Morgan fingerprint density at radius 1 is 1.00 bits per heavy atom. The summed E-state index contributed by atoms with van der Waals surface area (Å²) in [6.45, 7) is 2.14. The van der Waals surface area contributed by atoms with E-state index in [-0.39, 0.29) is 36.6 Å². The fourth-order valence-corrected chi connectivity index (χ4v) is 0. The third kappa shape index (κ3) is 48.9. The second-order valence-electron chi connectivity index (χ2n) is 0. The first-order valence-electron chi connectivity index (χ1n) is 1.00. The molecule has 2 heteroatoms. The van der Waals surface area contributed by atoms with Gasteiger partial charge in [-0.2, -0.15) is 0 Å². The molecule has 0 aromatic rings. The summed E-state index contributed by atoms with van der Waals surface area (Å²) in [6.07, 6.45) is 0. The van der Waals surface area contributed by atoms with Crippen LogP contribution in [0.5, 0.6) is 0 Å². The van der Waals surface area contributed by atoms with Crippen molar-refractivity contribution in [1.29, 1.82) is 0 Å². The van der Waals surface area contributed by atoms with Gasteiger partial charge in [0.2, 0.25) is 0 Å². The molecule has 0 amide bonds. The Hall–Kier alpha value is 0.931. The van der Waals surface area contributed by atoms with Crippen LogP contribution in [-0.4, -0.2) is 10.2 Å². The Morgan fingerprint density at radius 2 is 1.00 bits per heavy atom. The van der Waals surface area contributed by atoms with Crippen LogP contribution in [0.4, 0.5) is 0 Å². The fraction of sp³-hybridized carbons (Fsp3) is 0.333. The van der Waals surface area contributed by atoms with Crippen molar-refractivity contribution < 1.29 is 21.7 Å². The maximum Gasteiger partial charge on any atom is 2.00 e. The molecule has 5 heavy (non-hydrogen) atoms. The second kappa shape index (κ2) is 87.9. The molecule has 0 bridgehead atoms. The smallest absolute Gasteiger partial charge is 0.358 e. The van der Waals surface area contributed by atoms with E-state index >= 15 is 0 Å². The van der Waals surface area contributed by atoms with Crippen molar-refractivity contribution in [1.82, 2.24) is 0 Å². The van der Waals surface area contributed by atoms with E-state index in [1.807, 2.05) is 0 Å². The normalized spacial score (nSPS) is 1.80. The second-order valence-corrected chi connectivity index (χ2v) is 0. The van der Waals surface area contributed by atoms with Crippen molar-refractivity contribution in [2.45, 2.75) is 6.55 Å². The molecule has 0 radical (unpaired) electrons. The van der Waals surface area contributed by atoms with Crippen LogP contribution >= 0.6 is 0 Å². The van der Waals surface area contributed by atoms with Crippen molar-refractivity contribution in [2.24, 2.45) is 0 Å². The summed E-state index contributed by atoms with van der Waals surface area (Å²) >= 11 is 0. The van der Waals surface area contributed by atoms with Crippen LogP contribution in [0.3, 0.4) is 0 Å². The predicted molar refractivity (Wildman–Crippen MR) is 28.6 cm³/mol. The van der Waals surface area contributed by atoms with Gasteiger partial charge in [-0.25, -0.2) is 0 Å². The minimum atomic E-state index is 0. The minimum absolute atomic E-state index is 0. The van der Waals surface area contributed by atoms with Gasteiger partial charge in [-0.1, -0.05) is 6.55 Å². The van der Waals surface area contributed by atoms with Crippen molar-refractivity contribution in [2.75, 3.05) is 0 Å². The van der Waals surface area contributed by atoms with Gasteiger partial charge < -0.3 is 14.9 Å². The molecule has 0 unspecified atom stereocenters. The molecule has 0 nitrogen and oxygen atoms in total. The standard InChI is InChI=1S/CH6Si.2CH3.Ti/c1-2;;;/h1-2H3;2*1H3;/q;2*-1;+2. The van der Waals surface area contributed by atoms with Gasteiger partial charge in [0.1, 0.15) is 0 Å². The molecule has 0 fully saturated rings. The minimum Gasteiger partial charge on any atom is -0.358 e. The van der Waals surface area contributed by atoms with Crippen molar-refractivity contribution in [3.8, 4) is 0 Å². The first-order chi connectivity index (χ1) is 1.00. The van der Waals surface area contributed by atoms with E-state index in [1.54, 1.807) is 0 Å². The van der Waals surface area contributed by atoms with Gasteiger partial charge in [0.15, 0.2) is 0 Å². The van der Waals surface area contributed by atoms with Crippen LogP contribution in [0.1, 0.15) is 0 Å². The van der Waals surface area contributed by atoms with Crippen LogP contribution in [0, 0.1) is 14.9 Å². The molecule has 0 aliphatic heterocycles. The Kier molecular flexibility index (Phi) is 680. The third-order valence-electron chi connectivity index (χ3n) is 0. The third-order valence-corrected chi connectivity index (χ3v) is 0. The molecule has 0 saturated heterocycles. The summed E-state index contributed by atoms with van der Waals surface area (Å²) in [4.78, 5) is 0. The van der Waals surface area contributed by atoms with E-state index < -0.39 is 0 Å². The topological polar surface area (TPSA) is 0 Å². The fourth-order valence-electron chi connectivity index (χ4n) is 0. The van der Waals surface area contributed by atoms with Gasteiger partial charge >= 0.3 is 21.7 Å². The maximum absolute atomic E-state index is 2.14. The van der Waals surface area contributed by atoms with Crippen LogP contribution in [0.15, 0.2) is 0 Å². The van der Waals surface area contributed by atoms with Crippen molar-refractivity contribution >= 4 is 10.2 Å². The summed E-state index contributed by atoms with van der Waals surface area (Å²) < 4.78 is 0. The molecule has 0 saturated carbocycles. The first kappa shape index (κ1) is 38.7. The number of hydrogen-bond donors (Lipinski definition) is 0. The Balaban J connectivity index is -0.00000000167. The molecule has 0 aromatic carbocycles. The maximum atomic E-state index is 2.14. The summed E-state index contributed by atoms with van der Waals surface area (Å²) in [5.41, 5.74) is 0. The first-order valence-corrected chi connectivity index (χ1v) is 3.00. The van der Waals surface area contributed by atoms with Gasteiger partial charge in [-0.3, -0.25) is 0 Å². The Bertz CT molecular complexity index is 6.85. The van der Waals surface area contributed by atoms with Crippen molar-refractivity contribution in [3.63, 3.8) is 0 Å². The number of hydrogen-bond acceptors (Lipinski definition) is 0. The molecule has 0 spiro atoms. The van der Waals surface area contributed by atoms with E-state index in [2.05, 4.69) is 6.55 Å². The largest absolute Gasteiger partial charge is 2.00 e. The van der Waals surface area contributed by atoms with Crippen LogP contribution in [-0.2, 0) is 21.7 Å². The molecule has 32 valence electrons. The molecular formula is C3H12SiTi. The zero-order valence-electron chi connectivity index (χ0n) is 4.50. The van der Waals surface area contributed by atoms with E-state index in [1.165, 1.54) is 10.2 Å². The van der Waals surface area contributed by atoms with Gasteiger partial charge in [0.05, 0.1) is 0 Å². The van der Waals surface area contributed by atoms with Crippen LogP contribution in [0.2, 0.25) is 6.55 Å². The summed E-state index contributed by atoms with van der Waals surface area (Å²) in [5.74, 6) is 0. The van der Waals surface area contributed by atoms with Crippen LogP contribution in [0.25, 0.3) is 0 Å². The van der Waals surface area contributed by atoms with Crippen molar-refractivity contribution in [3.05, 3.63) is 14.9 Å². The van der Waals surface area contributed by atoms with Gasteiger partial charge in [-0.05, 0) is 10.2 Å². The molecule has 0 aliphatic rings. The van der Waals surface area contributed by atoms with Gasteiger partial charge in [0.25, 0.3) is 0 Å². The molecule has 0 N–H and O–H groups in total. The van der Waals surface area contributed by atoms with E-state index in [0.717, 1.165) is 0 Å². The quantitative estimate of drug-likeness (QED) is 0.322. The Labute approximate surface area is 53.7 Å². The molecule has 0 rings (SSSR count). The van der Waals surface area contributed by atoms with Gasteiger partial charge in [-0.15, -0.1) is 0 Å². The van der Waals surface area contributed by atoms with Gasteiger partial charge in [0, 0.05) is 0 Å². The van der Waals surface area contributed by atoms with E-state index in [0.29, 0.717) is 0 Å². The summed E-state index contributed by atoms with van der Waals surface area (Å²) in [5, 5.41) is 0. The Morgan fingerprint density at radius 3 is 1.00 bits per heavy atom. The van der Waals surface area contributed by atoms with E-state index in [9.17, 15) is 0 Å². The summed E-state index contributed by atoms with van der Waals surface area (Å²) in [6, 6.07) is 0. The molecular weight excluding hydrogens is 112 g/mol. The number of rotatable bonds is 0. The molecule has 0 aromatic heterocycles. The SMILES string of the molecule is C[SiH3].[CH3-].[CH3-].[Ti+2]. The molecule has 0 atom stereocenters. The monoisotopic (exact) mass is 124 g/mol. The zero-order chi connectivity index (χ0) is 2.00. The average molecular weight is 124 g/mol. The zero-order valence-corrected chi connectivity index (χ0v) is 8.06.